The van der Waals surface area contributed by atoms with Gasteiger partial charge < -0.3 is 14.5 Å². The highest BCUT2D eigenvalue weighted by Gasteiger charge is 2.26. The smallest absolute Gasteiger partial charge is 0.189 e. The summed E-state index contributed by atoms with van der Waals surface area (Å²) in [7, 11) is 0. The highest BCUT2D eigenvalue weighted by molar-refractivity contribution is 7.80. The van der Waals surface area contributed by atoms with Crippen molar-refractivity contribution in [3.05, 3.63) is 53.6 Å². The van der Waals surface area contributed by atoms with Gasteiger partial charge in [-0.3, -0.25) is 10.4 Å². The Morgan fingerprint density at radius 3 is 2.72 bits per heavy atom. The number of hydrogen-bond donors (Lipinski definition) is 1. The van der Waals surface area contributed by atoms with E-state index in [1.54, 1.807) is 6.08 Å². The molecule has 3 aliphatic heterocycles. The molecule has 0 saturated carbocycles. The maximum absolute atomic E-state index is 14.1. The van der Waals surface area contributed by atoms with Crippen molar-refractivity contribution in [3.63, 3.8) is 0 Å². The number of thiocarbonyl (C=S) groups is 1. The topological polar surface area (TPSA) is 52.5 Å². The summed E-state index contributed by atoms with van der Waals surface area (Å²) in [4.78, 5) is 8.86. The predicted molar refractivity (Wildman–Crippen MR) is 118 cm³/mol. The number of fused-ring (bicyclic) bond motifs is 1. The van der Waals surface area contributed by atoms with Gasteiger partial charge in [0.1, 0.15) is 5.71 Å². The lowest BCUT2D eigenvalue weighted by Crippen LogP contribution is -2.51. The zero-order chi connectivity index (χ0) is 20.2. The molecule has 8 heteroatoms. The van der Waals surface area contributed by atoms with Crippen molar-refractivity contribution in [1.82, 2.24) is 10.3 Å². The Hall–Kier alpha value is -2.74. The minimum Gasteiger partial charge on any atom is -0.488 e. The number of ether oxygens (including phenoxy) is 1. The van der Waals surface area contributed by atoms with E-state index in [1.165, 1.54) is 17.3 Å². The lowest BCUT2D eigenvalue weighted by Gasteiger charge is -2.37. The van der Waals surface area contributed by atoms with Gasteiger partial charge in [0.05, 0.1) is 18.9 Å². The van der Waals surface area contributed by atoms with Gasteiger partial charge >= 0.3 is 0 Å². The number of nitrogens with one attached hydrogen (secondary N) is 1. The Bertz CT molecular complexity index is 898. The van der Waals surface area contributed by atoms with Gasteiger partial charge in [0.25, 0.3) is 0 Å². The van der Waals surface area contributed by atoms with E-state index in [-0.39, 0.29) is 5.76 Å². The van der Waals surface area contributed by atoms with Crippen LogP contribution in [0.2, 0.25) is 0 Å². The minimum absolute atomic E-state index is 0.170. The van der Waals surface area contributed by atoms with Crippen molar-refractivity contribution in [2.45, 2.75) is 13.3 Å². The summed E-state index contributed by atoms with van der Waals surface area (Å²) in [5.41, 5.74) is 6.62. The molecule has 0 unspecified atom stereocenters. The standard InChI is InChI=1S/C21H24FN5OS/c1-15-4-6-16(7-5-15)26-10-12-27(13-11-26)21(29)25-24-18-8-14-28-20-17(22)3-2-9-23-19(18)20/h2-7H,8-14H2,1H3,(H,25,29)/b24-18-. The fraction of sp³-hybridized carbons (Fsp3) is 0.381. The van der Waals surface area contributed by atoms with Crippen LogP contribution in [0.4, 0.5) is 10.1 Å². The fourth-order valence-electron chi connectivity index (χ4n) is 3.51. The van der Waals surface area contributed by atoms with Gasteiger partial charge in [0, 0.05) is 38.3 Å². The summed E-state index contributed by atoms with van der Waals surface area (Å²) in [6, 6.07) is 8.58. The van der Waals surface area contributed by atoms with E-state index in [2.05, 4.69) is 56.5 Å². The quantitative estimate of drug-likeness (QED) is 0.597. The molecule has 0 radical (unpaired) electrons. The van der Waals surface area contributed by atoms with Gasteiger partial charge in [-0.05, 0) is 37.4 Å². The zero-order valence-corrected chi connectivity index (χ0v) is 17.2. The molecular weight excluding hydrogens is 389 g/mol. The highest BCUT2D eigenvalue weighted by Crippen LogP contribution is 2.21. The van der Waals surface area contributed by atoms with Gasteiger partial charge in [0.15, 0.2) is 16.7 Å². The Morgan fingerprint density at radius 2 is 1.97 bits per heavy atom. The first kappa shape index (κ1) is 19.6. The van der Waals surface area contributed by atoms with Crippen molar-refractivity contribution in [3.8, 4) is 0 Å². The molecule has 1 aromatic rings. The summed E-state index contributed by atoms with van der Waals surface area (Å²) < 4.78 is 19.6. The van der Waals surface area contributed by atoms with Gasteiger partial charge in [-0.2, -0.15) is 5.10 Å². The van der Waals surface area contributed by atoms with Crippen molar-refractivity contribution in [2.24, 2.45) is 10.1 Å². The number of piperazine rings is 1. The number of rotatable bonds is 2. The molecule has 3 heterocycles. The zero-order valence-electron chi connectivity index (χ0n) is 16.4. The molecule has 29 heavy (non-hydrogen) atoms. The van der Waals surface area contributed by atoms with Gasteiger partial charge in [0.2, 0.25) is 0 Å². The normalized spacial score (nSPS) is 20.8. The van der Waals surface area contributed by atoms with E-state index in [0.29, 0.717) is 36.1 Å². The summed E-state index contributed by atoms with van der Waals surface area (Å²) >= 11 is 5.53. The Balaban J connectivity index is 1.36. The Labute approximate surface area is 175 Å². The molecule has 152 valence electrons. The molecule has 0 amide bonds. The van der Waals surface area contributed by atoms with Gasteiger partial charge in [-0.15, -0.1) is 0 Å². The van der Waals surface area contributed by atoms with E-state index in [9.17, 15) is 4.39 Å². The fourth-order valence-corrected chi connectivity index (χ4v) is 3.73. The van der Waals surface area contributed by atoms with Crippen molar-refractivity contribution < 1.29 is 9.13 Å². The average Bonchev–Trinajstić information content (AvgIpc) is 2.94. The number of hydrogen-bond acceptors (Lipinski definition) is 5. The number of hydrazone groups is 1. The summed E-state index contributed by atoms with van der Waals surface area (Å²) in [6.45, 7) is 6.29. The number of allylic oxidation sites excluding steroid dienone is 3. The molecule has 1 aromatic carbocycles. The maximum Gasteiger partial charge on any atom is 0.189 e. The van der Waals surface area contributed by atoms with Crippen LogP contribution >= 0.6 is 12.2 Å². The number of aliphatic imine (C=N–C) groups is 1. The lowest BCUT2D eigenvalue weighted by molar-refractivity contribution is 0.226. The van der Waals surface area contributed by atoms with Crippen LogP contribution in [0.15, 0.2) is 58.1 Å². The molecular formula is C21H24FN5OS. The molecule has 0 aliphatic carbocycles. The molecule has 1 N–H and O–H groups in total. The lowest BCUT2D eigenvalue weighted by atomic mass is 10.1. The number of halogens is 1. The van der Waals surface area contributed by atoms with Crippen molar-refractivity contribution in [1.29, 1.82) is 0 Å². The van der Waals surface area contributed by atoms with Crippen LogP contribution < -0.4 is 10.3 Å². The summed E-state index contributed by atoms with van der Waals surface area (Å²) in [5, 5.41) is 5.01. The van der Waals surface area contributed by atoms with E-state index in [1.807, 2.05) is 0 Å². The summed E-state index contributed by atoms with van der Waals surface area (Å²) in [5.74, 6) is -0.244. The number of benzene rings is 1. The molecule has 4 rings (SSSR count). The summed E-state index contributed by atoms with van der Waals surface area (Å²) in [6.07, 6.45) is 3.62. The third-order valence-electron chi connectivity index (χ3n) is 5.16. The number of anilines is 1. The first-order chi connectivity index (χ1) is 14.1. The third kappa shape index (κ3) is 4.48. The molecule has 0 bridgehead atoms. The minimum atomic E-state index is -0.413. The van der Waals surface area contributed by atoms with Gasteiger partial charge in [-0.1, -0.05) is 23.8 Å². The van der Waals surface area contributed by atoms with Crippen LogP contribution in [0.3, 0.4) is 0 Å². The van der Waals surface area contributed by atoms with E-state index in [4.69, 9.17) is 17.0 Å². The Morgan fingerprint density at radius 1 is 1.21 bits per heavy atom. The van der Waals surface area contributed by atoms with Crippen LogP contribution in [0.25, 0.3) is 0 Å². The van der Waals surface area contributed by atoms with Crippen molar-refractivity contribution >= 4 is 34.4 Å². The second-order valence-corrected chi connectivity index (χ2v) is 7.54. The molecule has 0 spiro atoms. The van der Waals surface area contributed by atoms with Crippen molar-refractivity contribution in [2.75, 3.05) is 44.2 Å². The maximum atomic E-state index is 14.1. The molecule has 3 aliphatic rings. The third-order valence-corrected chi connectivity index (χ3v) is 5.51. The first-order valence-corrected chi connectivity index (χ1v) is 10.2. The largest absolute Gasteiger partial charge is 0.488 e. The van der Waals surface area contributed by atoms with Crippen LogP contribution in [-0.4, -0.2) is 60.8 Å². The second-order valence-electron chi connectivity index (χ2n) is 7.15. The van der Waals surface area contributed by atoms with Crippen LogP contribution in [-0.2, 0) is 4.74 Å². The molecule has 0 aromatic heterocycles. The van der Waals surface area contributed by atoms with E-state index >= 15 is 0 Å². The first-order valence-electron chi connectivity index (χ1n) is 9.79. The average molecular weight is 414 g/mol. The monoisotopic (exact) mass is 413 g/mol. The predicted octanol–water partition coefficient (Wildman–Crippen LogP) is 2.96. The second kappa shape index (κ2) is 8.73. The highest BCUT2D eigenvalue weighted by atomic mass is 32.1. The van der Waals surface area contributed by atoms with E-state index < -0.39 is 5.83 Å². The van der Waals surface area contributed by atoms with Gasteiger partial charge in [-0.25, -0.2) is 4.39 Å². The number of aryl methyl sites for hydroxylation is 1. The SMILES string of the molecule is Cc1ccc(N2CCN(C(=S)N/N=C3/CCOC4=C(F)C=CCN=C43)CC2)cc1. The Kier molecular flexibility index (Phi) is 5.89. The molecule has 2 fully saturated rings. The molecule has 0 atom stereocenters. The van der Waals surface area contributed by atoms with Crippen LogP contribution in [0.5, 0.6) is 0 Å². The van der Waals surface area contributed by atoms with Crippen LogP contribution in [0, 0.1) is 6.92 Å². The van der Waals surface area contributed by atoms with Crippen LogP contribution in [0.1, 0.15) is 12.0 Å². The molecule has 6 nitrogen and oxygen atoms in total. The number of nitrogens with zero attached hydrogens (tertiary/aromatic N) is 4. The molecule has 2 saturated heterocycles. The van der Waals surface area contributed by atoms with E-state index in [0.717, 1.165) is 26.2 Å².